The minimum atomic E-state index is -0.310. The molecule has 1 rings (SSSR count). The summed E-state index contributed by atoms with van der Waals surface area (Å²) in [5.74, 6) is 0.537. The van der Waals surface area contributed by atoms with Crippen LogP contribution in [-0.4, -0.2) is 44.4 Å². The normalized spacial score (nSPS) is 23.6. The highest BCUT2D eigenvalue weighted by Gasteiger charge is 2.29. The van der Waals surface area contributed by atoms with Crippen LogP contribution in [0.5, 0.6) is 0 Å². The first-order valence-corrected chi connectivity index (χ1v) is 6.84. The van der Waals surface area contributed by atoms with Gasteiger partial charge < -0.3 is 20.5 Å². The smallest absolute Gasteiger partial charge is 0.249 e. The molecule has 2 unspecified atom stereocenters. The van der Waals surface area contributed by atoms with Crippen molar-refractivity contribution in [1.29, 1.82) is 0 Å². The number of hydrogen-bond donors (Lipinski definition) is 2. The molecule has 0 saturated carbocycles. The minimum absolute atomic E-state index is 0.0187. The summed E-state index contributed by atoms with van der Waals surface area (Å²) >= 11 is 0. The lowest BCUT2D eigenvalue weighted by Crippen LogP contribution is -2.36. The first-order chi connectivity index (χ1) is 8.63. The molecule has 0 aromatic carbocycles. The summed E-state index contributed by atoms with van der Waals surface area (Å²) in [6, 6.07) is 0. The molecule has 0 radical (unpaired) electrons. The average Bonchev–Trinajstić information content (AvgIpc) is 2.81. The Morgan fingerprint density at radius 3 is 2.89 bits per heavy atom. The molecule has 1 amide bonds. The molecule has 1 saturated heterocycles. The Labute approximate surface area is 109 Å². The fourth-order valence-corrected chi connectivity index (χ4v) is 1.89. The van der Waals surface area contributed by atoms with Gasteiger partial charge in [0.05, 0.1) is 6.10 Å². The third kappa shape index (κ3) is 5.80. The third-order valence-corrected chi connectivity index (χ3v) is 2.88. The van der Waals surface area contributed by atoms with Gasteiger partial charge in [-0.1, -0.05) is 13.8 Å². The van der Waals surface area contributed by atoms with Crippen LogP contribution in [0.1, 0.15) is 33.1 Å². The summed E-state index contributed by atoms with van der Waals surface area (Å²) in [7, 11) is 0. The zero-order valence-corrected chi connectivity index (χ0v) is 11.5. The molecule has 0 aromatic rings. The van der Waals surface area contributed by atoms with Gasteiger partial charge in [0.15, 0.2) is 0 Å². The fourth-order valence-electron chi connectivity index (χ4n) is 1.89. The zero-order chi connectivity index (χ0) is 13.4. The Bertz CT molecular complexity index is 246. The molecule has 1 fully saturated rings. The second-order valence-electron chi connectivity index (χ2n) is 5.17. The van der Waals surface area contributed by atoms with E-state index in [1.807, 2.05) is 0 Å². The van der Waals surface area contributed by atoms with Gasteiger partial charge in [-0.25, -0.2) is 0 Å². The maximum atomic E-state index is 11.7. The number of rotatable bonds is 8. The summed E-state index contributed by atoms with van der Waals surface area (Å²) in [5.41, 5.74) is 5.50. The van der Waals surface area contributed by atoms with Gasteiger partial charge in [0.2, 0.25) is 5.91 Å². The number of hydrogen-bond acceptors (Lipinski definition) is 4. The quantitative estimate of drug-likeness (QED) is 0.628. The van der Waals surface area contributed by atoms with E-state index in [4.69, 9.17) is 15.2 Å². The number of nitrogens with one attached hydrogen (secondary N) is 1. The Morgan fingerprint density at radius 2 is 2.28 bits per heavy atom. The molecule has 1 aliphatic rings. The van der Waals surface area contributed by atoms with Crippen molar-refractivity contribution in [3.8, 4) is 0 Å². The first-order valence-electron chi connectivity index (χ1n) is 6.84. The van der Waals surface area contributed by atoms with E-state index in [-0.39, 0.29) is 18.1 Å². The monoisotopic (exact) mass is 258 g/mol. The van der Waals surface area contributed by atoms with Crippen molar-refractivity contribution in [2.24, 2.45) is 11.7 Å². The lowest BCUT2D eigenvalue weighted by Gasteiger charge is -2.12. The molecule has 0 aromatic heterocycles. The van der Waals surface area contributed by atoms with Crippen LogP contribution in [-0.2, 0) is 14.3 Å². The Balaban J connectivity index is 2.00. The van der Waals surface area contributed by atoms with Gasteiger partial charge in [-0.15, -0.1) is 0 Å². The molecule has 3 N–H and O–H groups in total. The van der Waals surface area contributed by atoms with E-state index in [2.05, 4.69) is 19.2 Å². The molecule has 0 bridgehead atoms. The van der Waals surface area contributed by atoms with E-state index in [1.54, 1.807) is 0 Å². The Hall–Kier alpha value is -0.650. The molecule has 1 heterocycles. The van der Waals surface area contributed by atoms with Gasteiger partial charge >= 0.3 is 0 Å². The maximum Gasteiger partial charge on any atom is 0.249 e. The Kier molecular flexibility index (Phi) is 7.23. The molecule has 0 spiro atoms. The molecular formula is C13H26N2O3. The highest BCUT2D eigenvalue weighted by molar-refractivity contribution is 5.80. The molecule has 106 valence electrons. The van der Waals surface area contributed by atoms with E-state index in [0.717, 1.165) is 25.9 Å². The van der Waals surface area contributed by atoms with E-state index >= 15 is 0 Å². The van der Waals surface area contributed by atoms with Crippen molar-refractivity contribution in [3.05, 3.63) is 0 Å². The summed E-state index contributed by atoms with van der Waals surface area (Å²) in [5, 5.41) is 2.87. The van der Waals surface area contributed by atoms with Crippen molar-refractivity contribution >= 4 is 5.91 Å². The molecule has 5 nitrogen and oxygen atoms in total. The lowest BCUT2D eigenvalue weighted by atomic mass is 10.2. The van der Waals surface area contributed by atoms with Crippen molar-refractivity contribution in [3.63, 3.8) is 0 Å². The highest BCUT2D eigenvalue weighted by atomic mass is 16.5. The van der Waals surface area contributed by atoms with E-state index in [1.165, 1.54) is 0 Å². The van der Waals surface area contributed by atoms with E-state index in [0.29, 0.717) is 25.6 Å². The Morgan fingerprint density at radius 1 is 1.50 bits per heavy atom. The molecule has 5 heteroatoms. The minimum Gasteiger partial charge on any atom is -0.381 e. The van der Waals surface area contributed by atoms with Gasteiger partial charge in [-0.05, 0) is 25.2 Å². The van der Waals surface area contributed by atoms with E-state index < -0.39 is 0 Å². The van der Waals surface area contributed by atoms with Crippen molar-refractivity contribution < 1.29 is 14.3 Å². The maximum absolute atomic E-state index is 11.7. The highest BCUT2D eigenvalue weighted by Crippen LogP contribution is 2.18. The van der Waals surface area contributed by atoms with Crippen molar-refractivity contribution in [2.45, 2.75) is 45.3 Å². The summed E-state index contributed by atoms with van der Waals surface area (Å²) in [6.07, 6.45) is 2.24. The van der Waals surface area contributed by atoms with Crippen LogP contribution in [0.3, 0.4) is 0 Å². The second-order valence-corrected chi connectivity index (χ2v) is 5.17. The van der Waals surface area contributed by atoms with Crippen LogP contribution in [0.15, 0.2) is 0 Å². The van der Waals surface area contributed by atoms with Crippen LogP contribution in [0.2, 0.25) is 0 Å². The van der Waals surface area contributed by atoms with E-state index in [9.17, 15) is 4.79 Å². The van der Waals surface area contributed by atoms with Crippen LogP contribution in [0.4, 0.5) is 0 Å². The van der Waals surface area contributed by atoms with Gasteiger partial charge in [0, 0.05) is 26.3 Å². The zero-order valence-electron chi connectivity index (χ0n) is 11.5. The number of carbonyl (C=O) groups excluding carboxylic acids is 1. The number of carbonyl (C=O) groups is 1. The molecule has 2 atom stereocenters. The van der Waals surface area contributed by atoms with Gasteiger partial charge in [0.1, 0.15) is 6.10 Å². The van der Waals surface area contributed by atoms with Gasteiger partial charge in [0.25, 0.3) is 0 Å². The molecule has 18 heavy (non-hydrogen) atoms. The van der Waals surface area contributed by atoms with Crippen LogP contribution in [0, 0.1) is 5.92 Å². The topological polar surface area (TPSA) is 73.6 Å². The summed E-state index contributed by atoms with van der Waals surface area (Å²) < 4.78 is 11.0. The molecular weight excluding hydrogens is 232 g/mol. The largest absolute Gasteiger partial charge is 0.381 e. The van der Waals surface area contributed by atoms with Crippen LogP contribution < -0.4 is 11.1 Å². The summed E-state index contributed by atoms with van der Waals surface area (Å²) in [6.45, 7) is 6.84. The fraction of sp³-hybridized carbons (Fsp3) is 0.923. The predicted octanol–water partition coefficient (Wildman–Crippen LogP) is 0.672. The van der Waals surface area contributed by atoms with Crippen molar-refractivity contribution in [1.82, 2.24) is 5.32 Å². The standard InChI is InChI=1S/C13H26N2O3/c1-10(2)9-17-7-3-6-15-13(16)12-5-4-11(8-14)18-12/h10-12H,3-9,14H2,1-2H3,(H,15,16). The predicted molar refractivity (Wildman–Crippen MR) is 70.2 cm³/mol. The van der Waals surface area contributed by atoms with Gasteiger partial charge in [-0.2, -0.15) is 0 Å². The average molecular weight is 258 g/mol. The first kappa shape index (κ1) is 15.4. The summed E-state index contributed by atoms with van der Waals surface area (Å²) in [4.78, 5) is 11.7. The van der Waals surface area contributed by atoms with Crippen LogP contribution >= 0.6 is 0 Å². The number of nitrogens with two attached hydrogens (primary N) is 1. The molecule has 1 aliphatic heterocycles. The lowest BCUT2D eigenvalue weighted by molar-refractivity contribution is -0.131. The third-order valence-electron chi connectivity index (χ3n) is 2.88. The van der Waals surface area contributed by atoms with Crippen molar-refractivity contribution in [2.75, 3.05) is 26.3 Å². The SMILES string of the molecule is CC(C)COCCCNC(=O)C1CCC(CN)O1. The number of ether oxygens (including phenoxy) is 2. The van der Waals surface area contributed by atoms with Gasteiger partial charge in [-0.3, -0.25) is 4.79 Å². The van der Waals surface area contributed by atoms with Crippen LogP contribution in [0.25, 0.3) is 0 Å². The number of amides is 1. The second kappa shape index (κ2) is 8.45. The molecule has 0 aliphatic carbocycles.